The molecule has 0 saturated heterocycles. The second-order valence-electron chi connectivity index (χ2n) is 3.92. The summed E-state index contributed by atoms with van der Waals surface area (Å²) in [5.41, 5.74) is 0.819. The maximum Gasteiger partial charge on any atom is 0.100 e. The Bertz CT molecular complexity index is 293. The number of aromatic nitrogens is 3. The Morgan fingerprint density at radius 2 is 2.31 bits per heavy atom. The average Bonchev–Trinajstić information content (AvgIpc) is 2.87. The van der Waals surface area contributed by atoms with E-state index in [9.17, 15) is 5.11 Å². The van der Waals surface area contributed by atoms with E-state index in [1.807, 2.05) is 7.05 Å². The second kappa shape index (κ2) is 3.10. The number of aliphatic hydroxyl groups excluding tert-OH is 1. The van der Waals surface area contributed by atoms with Crippen molar-refractivity contribution >= 4 is 0 Å². The van der Waals surface area contributed by atoms with Crippen LogP contribution in [-0.2, 0) is 7.05 Å². The number of hydrogen-bond acceptors (Lipinski definition) is 3. The molecule has 0 radical (unpaired) electrons. The standard InChI is InChI=1S/C9H15N3O/c1-6(7-3-4-7)9(13)8-5-10-11-12(8)2/h5-7,9,13H,3-4H2,1-2H3. The first kappa shape index (κ1) is 8.69. The zero-order valence-electron chi connectivity index (χ0n) is 8.01. The summed E-state index contributed by atoms with van der Waals surface area (Å²) in [7, 11) is 1.81. The molecule has 13 heavy (non-hydrogen) atoms. The van der Waals surface area contributed by atoms with Gasteiger partial charge in [0.15, 0.2) is 0 Å². The lowest BCUT2D eigenvalue weighted by atomic mass is 9.97. The van der Waals surface area contributed by atoms with Crippen molar-refractivity contribution in [2.24, 2.45) is 18.9 Å². The molecule has 0 spiro atoms. The van der Waals surface area contributed by atoms with Crippen LogP contribution in [0.15, 0.2) is 6.20 Å². The van der Waals surface area contributed by atoms with Crippen LogP contribution in [0.5, 0.6) is 0 Å². The molecule has 0 aliphatic heterocycles. The molecule has 0 aromatic carbocycles. The minimum absolute atomic E-state index is 0.331. The molecule has 2 atom stereocenters. The maximum absolute atomic E-state index is 9.97. The van der Waals surface area contributed by atoms with Crippen molar-refractivity contribution in [2.45, 2.75) is 25.9 Å². The van der Waals surface area contributed by atoms with Gasteiger partial charge in [0.25, 0.3) is 0 Å². The van der Waals surface area contributed by atoms with Crippen molar-refractivity contribution in [1.82, 2.24) is 15.0 Å². The molecule has 72 valence electrons. The van der Waals surface area contributed by atoms with Gasteiger partial charge >= 0.3 is 0 Å². The van der Waals surface area contributed by atoms with Crippen LogP contribution in [0.2, 0.25) is 0 Å². The van der Waals surface area contributed by atoms with Crippen LogP contribution in [0.1, 0.15) is 31.6 Å². The minimum Gasteiger partial charge on any atom is -0.386 e. The topological polar surface area (TPSA) is 50.9 Å². The molecular formula is C9H15N3O. The van der Waals surface area contributed by atoms with Gasteiger partial charge in [-0.25, -0.2) is 4.68 Å². The van der Waals surface area contributed by atoms with Crippen molar-refractivity contribution in [3.63, 3.8) is 0 Å². The number of rotatable bonds is 3. The highest BCUT2D eigenvalue weighted by Gasteiger charge is 2.34. The van der Waals surface area contributed by atoms with Gasteiger partial charge in [-0.05, 0) is 24.7 Å². The predicted octanol–water partition coefficient (Wildman–Crippen LogP) is 0.895. The van der Waals surface area contributed by atoms with E-state index < -0.39 is 6.10 Å². The maximum atomic E-state index is 9.97. The van der Waals surface area contributed by atoms with Gasteiger partial charge in [-0.15, -0.1) is 5.10 Å². The van der Waals surface area contributed by atoms with E-state index in [0.717, 1.165) is 5.69 Å². The fraction of sp³-hybridized carbons (Fsp3) is 0.778. The van der Waals surface area contributed by atoms with E-state index >= 15 is 0 Å². The predicted molar refractivity (Wildman–Crippen MR) is 47.9 cm³/mol. The van der Waals surface area contributed by atoms with Crippen LogP contribution < -0.4 is 0 Å². The highest BCUT2D eigenvalue weighted by Crippen LogP contribution is 2.42. The molecule has 0 amide bonds. The van der Waals surface area contributed by atoms with Crippen LogP contribution >= 0.6 is 0 Å². The van der Waals surface area contributed by atoms with Crippen LogP contribution in [0.3, 0.4) is 0 Å². The Balaban J connectivity index is 2.11. The lowest BCUT2D eigenvalue weighted by Gasteiger charge is -2.17. The first-order valence-electron chi connectivity index (χ1n) is 4.73. The smallest absolute Gasteiger partial charge is 0.100 e. The van der Waals surface area contributed by atoms with Crippen molar-refractivity contribution in [3.05, 3.63) is 11.9 Å². The first-order chi connectivity index (χ1) is 6.20. The Hall–Kier alpha value is -0.900. The SMILES string of the molecule is CC(C1CC1)C(O)c1cnnn1C. The van der Waals surface area contributed by atoms with Crippen molar-refractivity contribution in [2.75, 3.05) is 0 Å². The van der Waals surface area contributed by atoms with Gasteiger partial charge in [0.1, 0.15) is 6.10 Å². The molecule has 1 aromatic rings. The molecule has 1 aliphatic rings. The van der Waals surface area contributed by atoms with Gasteiger partial charge < -0.3 is 5.11 Å². The third-order valence-electron chi connectivity index (χ3n) is 2.92. The fourth-order valence-electron chi connectivity index (χ4n) is 1.71. The van der Waals surface area contributed by atoms with Gasteiger partial charge in [0.05, 0.1) is 11.9 Å². The zero-order chi connectivity index (χ0) is 9.42. The largest absolute Gasteiger partial charge is 0.386 e. The van der Waals surface area contributed by atoms with Crippen LogP contribution in [-0.4, -0.2) is 20.1 Å². The fourth-order valence-corrected chi connectivity index (χ4v) is 1.71. The Morgan fingerprint density at radius 1 is 1.62 bits per heavy atom. The summed E-state index contributed by atoms with van der Waals surface area (Å²) in [4.78, 5) is 0. The number of nitrogens with zero attached hydrogens (tertiary/aromatic N) is 3. The van der Waals surface area contributed by atoms with Gasteiger partial charge in [-0.2, -0.15) is 0 Å². The van der Waals surface area contributed by atoms with E-state index in [1.54, 1.807) is 10.9 Å². The summed E-state index contributed by atoms with van der Waals surface area (Å²) in [6.45, 7) is 2.09. The van der Waals surface area contributed by atoms with Crippen LogP contribution in [0.4, 0.5) is 0 Å². The molecule has 1 aromatic heterocycles. The summed E-state index contributed by atoms with van der Waals surface area (Å²) < 4.78 is 1.64. The van der Waals surface area contributed by atoms with E-state index in [-0.39, 0.29) is 0 Å². The minimum atomic E-state index is -0.410. The highest BCUT2D eigenvalue weighted by atomic mass is 16.3. The molecule has 0 bridgehead atoms. The molecule has 2 rings (SSSR count). The van der Waals surface area contributed by atoms with E-state index in [1.165, 1.54) is 12.8 Å². The van der Waals surface area contributed by atoms with Crippen molar-refractivity contribution < 1.29 is 5.11 Å². The van der Waals surface area contributed by atoms with Gasteiger partial charge in [0, 0.05) is 7.05 Å². The molecule has 4 heteroatoms. The lowest BCUT2D eigenvalue weighted by molar-refractivity contribution is 0.0977. The average molecular weight is 181 g/mol. The number of hydrogen-bond donors (Lipinski definition) is 1. The molecule has 2 unspecified atom stereocenters. The van der Waals surface area contributed by atoms with Gasteiger partial charge in [-0.1, -0.05) is 12.1 Å². The second-order valence-corrected chi connectivity index (χ2v) is 3.92. The normalized spacial score (nSPS) is 21.5. The zero-order valence-corrected chi connectivity index (χ0v) is 8.01. The molecule has 1 heterocycles. The van der Waals surface area contributed by atoms with Gasteiger partial charge in [-0.3, -0.25) is 0 Å². The molecule has 1 N–H and O–H groups in total. The van der Waals surface area contributed by atoms with Gasteiger partial charge in [0.2, 0.25) is 0 Å². The summed E-state index contributed by atoms with van der Waals surface area (Å²) in [5, 5.41) is 17.5. The quantitative estimate of drug-likeness (QED) is 0.753. The van der Waals surface area contributed by atoms with E-state index in [2.05, 4.69) is 17.2 Å². The third kappa shape index (κ3) is 1.58. The Morgan fingerprint density at radius 3 is 2.77 bits per heavy atom. The van der Waals surface area contributed by atoms with E-state index in [0.29, 0.717) is 11.8 Å². The summed E-state index contributed by atoms with van der Waals surface area (Å²) in [6, 6.07) is 0. The molecule has 4 nitrogen and oxygen atoms in total. The third-order valence-corrected chi connectivity index (χ3v) is 2.92. The lowest BCUT2D eigenvalue weighted by Crippen LogP contribution is -2.14. The van der Waals surface area contributed by atoms with E-state index in [4.69, 9.17) is 0 Å². The van der Waals surface area contributed by atoms with Crippen molar-refractivity contribution in [3.8, 4) is 0 Å². The summed E-state index contributed by atoms with van der Waals surface area (Å²) >= 11 is 0. The highest BCUT2D eigenvalue weighted by molar-refractivity contribution is 5.02. The Kier molecular flexibility index (Phi) is 2.07. The van der Waals surface area contributed by atoms with Crippen LogP contribution in [0.25, 0.3) is 0 Å². The first-order valence-corrected chi connectivity index (χ1v) is 4.73. The summed E-state index contributed by atoms with van der Waals surface area (Å²) in [6.07, 6.45) is 3.74. The molecule has 1 aliphatic carbocycles. The molecular weight excluding hydrogens is 166 g/mol. The van der Waals surface area contributed by atoms with Crippen molar-refractivity contribution in [1.29, 1.82) is 0 Å². The van der Waals surface area contributed by atoms with Crippen LogP contribution in [0, 0.1) is 11.8 Å². The molecule has 1 fully saturated rings. The number of aryl methyl sites for hydroxylation is 1. The molecule has 1 saturated carbocycles. The summed E-state index contributed by atoms with van der Waals surface area (Å²) in [5.74, 6) is 1.03. The Labute approximate surface area is 77.6 Å². The monoisotopic (exact) mass is 181 g/mol. The number of aliphatic hydroxyl groups is 1.